The number of carbonyl (C=O) groups is 6. The van der Waals surface area contributed by atoms with E-state index in [9.17, 15) is 68.3 Å². The van der Waals surface area contributed by atoms with Gasteiger partial charge in [-0.3, -0.25) is 82.7 Å². The molecular weight excluding hydrogens is 1610 g/mol. The molecular formula is C91H167F9N18O6. The number of halogens is 9. The van der Waals surface area contributed by atoms with E-state index in [0.29, 0.717) is 114 Å². The van der Waals surface area contributed by atoms with Gasteiger partial charge in [0.1, 0.15) is 0 Å². The van der Waals surface area contributed by atoms with Gasteiger partial charge >= 0.3 is 0 Å². The van der Waals surface area contributed by atoms with Gasteiger partial charge in [0.25, 0.3) is 23.7 Å². The molecule has 5 atom stereocenters. The topological polar surface area (TPSA) is 213 Å². The third-order valence-electron chi connectivity index (χ3n) is 27.7. The van der Waals surface area contributed by atoms with Crippen LogP contribution in [-0.4, -0.2) is 384 Å². The van der Waals surface area contributed by atoms with Crippen molar-refractivity contribution < 1.29 is 68.3 Å². The Labute approximate surface area is 739 Å². The first-order valence-electron chi connectivity index (χ1n) is 47.5. The van der Waals surface area contributed by atoms with Gasteiger partial charge in [0.2, 0.25) is 41.2 Å². The maximum atomic E-state index is 14.5. The molecule has 6 amide bonds. The minimum Gasteiger partial charge on any atom is -0.353 e. The van der Waals surface area contributed by atoms with Crippen LogP contribution >= 0.6 is 0 Å². The van der Waals surface area contributed by atoms with Crippen molar-refractivity contribution in [1.82, 2.24) is 90.7 Å². The number of alkyl halides is 9. The van der Waals surface area contributed by atoms with E-state index < -0.39 is 53.7 Å². The SMILES string of the molecule is CC(C)C(=O)NC1(F)CN(C2CCN(C(C)C)CC2)C1.CC(C)C(=O)NC1CCN(C2CCN(C(C)C)CC2(F)F)C1.CC(C)C(=O)NC1CCN(C2CN(C(C)C)C2)CC1.CC(C)C(=O)NC1CCN(C2CN(C(C)C)C2)CC1(F)F.CC(C)C(=O)NC1CCN(C2CN(C(C)C)C2)CC1(F)F.CC(C)C(=O)NC1CN(C2CCN(C(C)C)CC2(F)F)C1. The lowest BCUT2D eigenvalue weighted by Crippen LogP contribution is -2.70. The smallest absolute Gasteiger partial charge is 0.280 e. The van der Waals surface area contributed by atoms with Crippen molar-refractivity contribution in [3.8, 4) is 0 Å². The average Bonchev–Trinajstić information content (AvgIpc) is 1.34. The maximum Gasteiger partial charge on any atom is 0.280 e. The summed E-state index contributed by atoms with van der Waals surface area (Å²) in [5, 5.41) is 16.6. The summed E-state index contributed by atoms with van der Waals surface area (Å²) in [7, 11) is 0. The van der Waals surface area contributed by atoms with Crippen molar-refractivity contribution in [2.24, 2.45) is 35.5 Å². The first-order chi connectivity index (χ1) is 57.6. The zero-order chi connectivity index (χ0) is 92.7. The van der Waals surface area contributed by atoms with E-state index in [-0.39, 0.29) is 133 Å². The van der Waals surface area contributed by atoms with Crippen molar-refractivity contribution >= 4 is 35.4 Å². The zero-order valence-electron chi connectivity index (χ0n) is 80.3. The Bertz CT molecular complexity index is 3210. The number of nitrogens with one attached hydrogen (secondary N) is 6. The van der Waals surface area contributed by atoms with E-state index in [4.69, 9.17) is 0 Å². The van der Waals surface area contributed by atoms with Gasteiger partial charge in [0.15, 0.2) is 0 Å². The average molecular weight is 1780 g/mol. The molecule has 0 bridgehead atoms. The third-order valence-corrected chi connectivity index (χ3v) is 27.7. The summed E-state index contributed by atoms with van der Waals surface area (Å²) in [6.45, 7) is 62.3. The summed E-state index contributed by atoms with van der Waals surface area (Å²) in [5.74, 6) is -13.8. The number of hydrogen-bond donors (Lipinski definition) is 6. The molecule has 12 rings (SSSR count). The summed E-state index contributed by atoms with van der Waals surface area (Å²) in [6, 6.07) is 1.26. The fourth-order valence-electron chi connectivity index (χ4n) is 18.3. The highest BCUT2D eigenvalue weighted by Gasteiger charge is 2.55. The molecule has 0 aromatic heterocycles. The van der Waals surface area contributed by atoms with Gasteiger partial charge in [-0.1, -0.05) is 83.1 Å². The van der Waals surface area contributed by atoms with E-state index in [1.165, 1.54) is 13.1 Å². The van der Waals surface area contributed by atoms with Crippen molar-refractivity contribution in [2.45, 2.75) is 356 Å². The minimum atomic E-state index is -2.85. The first-order valence-corrected chi connectivity index (χ1v) is 47.5. The number of amides is 6. The number of rotatable bonds is 24. The Morgan fingerprint density at radius 2 is 0.532 bits per heavy atom. The predicted octanol–water partition coefficient (Wildman–Crippen LogP) is 9.56. The van der Waals surface area contributed by atoms with Crippen LogP contribution < -0.4 is 31.9 Å². The highest BCUT2D eigenvalue weighted by molar-refractivity contribution is 5.80. The van der Waals surface area contributed by atoms with Gasteiger partial charge in [0.05, 0.1) is 69.5 Å². The molecule has 12 saturated heterocycles. The second kappa shape index (κ2) is 46.7. The second-order valence-corrected chi connectivity index (χ2v) is 41.6. The molecule has 720 valence electrons. The molecule has 0 saturated carbocycles. The Kier molecular flexibility index (Phi) is 40.2. The number of piperidine rings is 6. The first kappa shape index (κ1) is 107. The Hall–Kier alpha value is -4.29. The molecule has 5 unspecified atom stereocenters. The zero-order valence-corrected chi connectivity index (χ0v) is 80.3. The quantitative estimate of drug-likeness (QED) is 0.0392. The lowest BCUT2D eigenvalue weighted by molar-refractivity contribution is -0.150. The van der Waals surface area contributed by atoms with Gasteiger partial charge in [-0.05, 0) is 154 Å². The minimum absolute atomic E-state index is 0.000960. The second-order valence-electron chi connectivity index (χ2n) is 41.6. The van der Waals surface area contributed by atoms with E-state index in [0.717, 1.165) is 104 Å². The summed E-state index contributed by atoms with van der Waals surface area (Å²) in [5.41, 5.74) is 0. The van der Waals surface area contributed by atoms with Crippen LogP contribution in [0.15, 0.2) is 0 Å². The van der Waals surface area contributed by atoms with E-state index in [1.54, 1.807) is 41.5 Å². The number of likely N-dealkylation sites (tertiary alicyclic amines) is 12. The third kappa shape index (κ3) is 30.9. The molecule has 0 aromatic carbocycles. The van der Waals surface area contributed by atoms with Gasteiger partial charge in [-0.25, -0.2) is 39.5 Å². The van der Waals surface area contributed by atoms with Crippen LogP contribution in [0.5, 0.6) is 0 Å². The van der Waals surface area contributed by atoms with Gasteiger partial charge in [-0.15, -0.1) is 0 Å². The fraction of sp³-hybridized carbons (Fsp3) is 0.934. The van der Waals surface area contributed by atoms with Crippen molar-refractivity contribution in [3.05, 3.63) is 0 Å². The predicted molar refractivity (Wildman–Crippen MR) is 474 cm³/mol. The molecule has 124 heavy (non-hydrogen) atoms. The molecule has 12 aliphatic heterocycles. The number of nitrogens with zero attached hydrogens (tertiary/aromatic N) is 12. The molecule has 24 nitrogen and oxygen atoms in total. The number of hydrogen-bond acceptors (Lipinski definition) is 18. The molecule has 12 fully saturated rings. The molecule has 12 heterocycles. The summed E-state index contributed by atoms with van der Waals surface area (Å²) in [6.07, 6.45) is 6.82. The van der Waals surface area contributed by atoms with Crippen LogP contribution in [0.2, 0.25) is 0 Å². The molecule has 0 spiro atoms. The lowest BCUT2D eigenvalue weighted by Gasteiger charge is -2.50. The van der Waals surface area contributed by atoms with E-state index >= 15 is 0 Å². The number of carbonyl (C=O) groups excluding carboxylic acids is 6. The lowest BCUT2D eigenvalue weighted by atomic mass is 9.93. The Morgan fingerprint density at radius 1 is 0.242 bits per heavy atom. The standard InChI is InChI=1S/C16H29F2N3O.3C15H27F2N3O.C15H28FN3O.C15H29N3O/c1-11(2)15(22)19-13-5-7-20(9-13)14-6-8-21(12(3)4)10-16(14,17)18;2*1-10(2)14(21)18-13-5-6-19(9-15(13,16)17)12-7-20(8-12)11(3)4;1-10(2)14(21)18-12-7-20(8-12)13-5-6-19(11(3)4)9-15(13,16)17;1-11(2)14(20)17-15(16)9-19(10-15)13-5-7-18(8-6-13)12(3)4;1-11(2)15(19)16-13-5-7-17(8-6-13)14-9-18(10-14)12(3)4/h11-14H,5-10H2,1-4H3,(H,19,22);3*10-13H,5-9H2,1-4H3,(H,18,21);11-13H,5-10H2,1-4H3,(H,17,20);11-14H,5-10H2,1-4H3,(H,16,19). The fourth-order valence-corrected chi connectivity index (χ4v) is 18.3. The maximum absolute atomic E-state index is 14.5. The summed E-state index contributed by atoms with van der Waals surface area (Å²) >= 11 is 0. The van der Waals surface area contributed by atoms with Crippen LogP contribution in [0.4, 0.5) is 39.5 Å². The summed E-state index contributed by atoms with van der Waals surface area (Å²) < 4.78 is 129. The van der Waals surface area contributed by atoms with Crippen LogP contribution in [0, 0.1) is 35.5 Å². The molecule has 0 aliphatic carbocycles. The highest BCUT2D eigenvalue weighted by atomic mass is 19.3. The van der Waals surface area contributed by atoms with Gasteiger partial charge < -0.3 is 36.8 Å². The van der Waals surface area contributed by atoms with E-state index in [2.05, 4.69) is 117 Å². The van der Waals surface area contributed by atoms with Crippen LogP contribution in [-0.2, 0) is 28.8 Å². The monoisotopic (exact) mass is 1780 g/mol. The molecule has 12 aliphatic rings. The van der Waals surface area contributed by atoms with Gasteiger partial charge in [0, 0.05) is 213 Å². The van der Waals surface area contributed by atoms with E-state index in [1.807, 2.05) is 98.6 Å². The molecule has 33 heteroatoms. The van der Waals surface area contributed by atoms with Crippen LogP contribution in [0.25, 0.3) is 0 Å². The molecule has 0 radical (unpaired) electrons. The van der Waals surface area contributed by atoms with Crippen LogP contribution in [0.1, 0.15) is 224 Å². The van der Waals surface area contributed by atoms with Crippen LogP contribution in [0.3, 0.4) is 0 Å². The van der Waals surface area contributed by atoms with Crippen molar-refractivity contribution in [2.75, 3.05) is 157 Å². The molecule has 0 aromatic rings. The largest absolute Gasteiger partial charge is 0.353 e. The molecule has 6 N–H and O–H groups in total. The van der Waals surface area contributed by atoms with Crippen molar-refractivity contribution in [3.63, 3.8) is 0 Å². The highest BCUT2D eigenvalue weighted by Crippen LogP contribution is 2.39. The van der Waals surface area contributed by atoms with Crippen molar-refractivity contribution in [1.29, 1.82) is 0 Å². The Morgan fingerprint density at radius 3 is 0.871 bits per heavy atom. The normalized spacial score (nSPS) is 27.2. The summed E-state index contributed by atoms with van der Waals surface area (Å²) in [4.78, 5) is 95.4. The Balaban J connectivity index is 0.000000205. The van der Waals surface area contributed by atoms with Gasteiger partial charge in [-0.2, -0.15) is 0 Å².